The lowest BCUT2D eigenvalue weighted by molar-refractivity contribution is -0.142. The van der Waals surface area contributed by atoms with E-state index in [4.69, 9.17) is 4.74 Å². The predicted octanol–water partition coefficient (Wildman–Crippen LogP) is 2.12. The summed E-state index contributed by atoms with van der Waals surface area (Å²) < 4.78 is 5.60. The minimum Gasteiger partial charge on any atom is -0.481 e. The van der Waals surface area contributed by atoms with Crippen molar-refractivity contribution in [3.8, 4) is 0 Å². The molecule has 0 saturated carbocycles. The van der Waals surface area contributed by atoms with Crippen LogP contribution in [0.4, 0.5) is 5.13 Å². The number of rotatable bonds is 5. The maximum atomic E-state index is 11.2. The highest BCUT2D eigenvalue weighted by Gasteiger charge is 2.32. The standard InChI is InChI=1S/C13H20N2O3S/c1-13(2,11(16)17)10-8-19-12(14-10)15(3)7-9-5-4-6-18-9/h8-9H,4-7H2,1-3H3,(H,16,17). The van der Waals surface area contributed by atoms with Crippen LogP contribution in [-0.2, 0) is 14.9 Å². The summed E-state index contributed by atoms with van der Waals surface area (Å²) in [5, 5.41) is 11.9. The number of hydrogen-bond acceptors (Lipinski definition) is 5. The van der Waals surface area contributed by atoms with Crippen molar-refractivity contribution < 1.29 is 14.6 Å². The molecule has 1 aromatic heterocycles. The summed E-state index contributed by atoms with van der Waals surface area (Å²) in [4.78, 5) is 17.7. The summed E-state index contributed by atoms with van der Waals surface area (Å²) in [5.41, 5.74) is -0.335. The van der Waals surface area contributed by atoms with Crippen molar-refractivity contribution in [1.82, 2.24) is 4.98 Å². The van der Waals surface area contributed by atoms with E-state index in [1.807, 2.05) is 17.3 Å². The van der Waals surface area contributed by atoms with Gasteiger partial charge in [-0.15, -0.1) is 11.3 Å². The fourth-order valence-corrected chi connectivity index (χ4v) is 2.98. The molecule has 106 valence electrons. The van der Waals surface area contributed by atoms with E-state index >= 15 is 0 Å². The quantitative estimate of drug-likeness (QED) is 0.897. The average molecular weight is 284 g/mol. The molecular weight excluding hydrogens is 264 g/mol. The van der Waals surface area contributed by atoms with Gasteiger partial charge in [0.05, 0.1) is 11.8 Å². The lowest BCUT2D eigenvalue weighted by Crippen LogP contribution is -2.30. The summed E-state index contributed by atoms with van der Waals surface area (Å²) in [6.45, 7) is 5.00. The molecule has 0 aliphatic carbocycles. The van der Waals surface area contributed by atoms with Gasteiger partial charge < -0.3 is 14.7 Å². The number of aromatic nitrogens is 1. The smallest absolute Gasteiger partial charge is 0.315 e. The number of anilines is 1. The third-order valence-corrected chi connectivity index (χ3v) is 4.45. The summed E-state index contributed by atoms with van der Waals surface area (Å²) in [7, 11) is 1.97. The molecule has 0 radical (unpaired) electrons. The Bertz CT molecular complexity index is 452. The SMILES string of the molecule is CN(CC1CCCO1)c1nc(C(C)(C)C(=O)O)cs1. The van der Waals surface area contributed by atoms with Crippen molar-refractivity contribution in [2.75, 3.05) is 25.1 Å². The second-order valence-corrected chi connectivity index (χ2v) is 6.30. The van der Waals surface area contributed by atoms with Crippen LogP contribution in [0.5, 0.6) is 0 Å². The fraction of sp³-hybridized carbons (Fsp3) is 0.692. The van der Waals surface area contributed by atoms with Crippen LogP contribution in [0.15, 0.2) is 5.38 Å². The number of carboxylic acids is 1. The Labute approximate surface area is 117 Å². The number of ether oxygens (including phenoxy) is 1. The molecular formula is C13H20N2O3S. The van der Waals surface area contributed by atoms with Crippen molar-refractivity contribution in [2.24, 2.45) is 0 Å². The topological polar surface area (TPSA) is 62.7 Å². The van der Waals surface area contributed by atoms with E-state index in [-0.39, 0.29) is 6.10 Å². The first-order chi connectivity index (χ1) is 8.91. The van der Waals surface area contributed by atoms with Crippen molar-refractivity contribution >= 4 is 22.4 Å². The normalized spacial score (nSPS) is 19.6. The maximum absolute atomic E-state index is 11.2. The van der Waals surface area contributed by atoms with Gasteiger partial charge in [-0.3, -0.25) is 4.79 Å². The van der Waals surface area contributed by atoms with Crippen LogP contribution in [-0.4, -0.2) is 42.4 Å². The number of nitrogens with zero attached hydrogens (tertiary/aromatic N) is 2. The van der Waals surface area contributed by atoms with Gasteiger partial charge in [0.2, 0.25) is 0 Å². The van der Waals surface area contributed by atoms with Gasteiger partial charge in [0, 0.05) is 25.6 Å². The second-order valence-electron chi connectivity index (χ2n) is 5.46. The van der Waals surface area contributed by atoms with Crippen molar-refractivity contribution in [2.45, 2.75) is 38.2 Å². The van der Waals surface area contributed by atoms with E-state index in [1.165, 1.54) is 11.3 Å². The fourth-order valence-electron chi connectivity index (χ4n) is 2.01. The van der Waals surface area contributed by atoms with E-state index in [2.05, 4.69) is 4.98 Å². The molecule has 2 rings (SSSR count). The highest BCUT2D eigenvalue weighted by atomic mass is 32.1. The van der Waals surface area contributed by atoms with Crippen molar-refractivity contribution in [3.05, 3.63) is 11.1 Å². The zero-order valence-electron chi connectivity index (χ0n) is 11.5. The molecule has 0 amide bonds. The highest BCUT2D eigenvalue weighted by Crippen LogP contribution is 2.29. The number of likely N-dealkylation sites (N-methyl/N-ethyl adjacent to an activating group) is 1. The molecule has 1 aromatic rings. The summed E-state index contributed by atoms with van der Waals surface area (Å²) in [6, 6.07) is 0. The molecule has 6 heteroatoms. The number of carbonyl (C=O) groups is 1. The van der Waals surface area contributed by atoms with Crippen molar-refractivity contribution in [3.63, 3.8) is 0 Å². The van der Waals surface area contributed by atoms with Gasteiger partial charge in [0.1, 0.15) is 5.41 Å². The molecule has 5 nitrogen and oxygen atoms in total. The van der Waals surface area contributed by atoms with Gasteiger partial charge in [0.15, 0.2) is 5.13 Å². The Morgan fingerprint density at radius 1 is 1.68 bits per heavy atom. The molecule has 1 fully saturated rings. The van der Waals surface area contributed by atoms with E-state index in [0.29, 0.717) is 5.69 Å². The molecule has 0 bridgehead atoms. The van der Waals surface area contributed by atoms with Gasteiger partial charge in [-0.05, 0) is 26.7 Å². The molecule has 1 aliphatic rings. The lowest BCUT2D eigenvalue weighted by atomic mass is 9.90. The summed E-state index contributed by atoms with van der Waals surface area (Å²) in [6.07, 6.45) is 2.47. The van der Waals surface area contributed by atoms with Crippen LogP contribution < -0.4 is 4.90 Å². The zero-order chi connectivity index (χ0) is 14.0. The predicted molar refractivity (Wildman–Crippen MR) is 75.0 cm³/mol. The van der Waals surface area contributed by atoms with Gasteiger partial charge in [-0.2, -0.15) is 0 Å². The number of aliphatic carboxylic acids is 1. The van der Waals surface area contributed by atoms with Gasteiger partial charge >= 0.3 is 5.97 Å². The van der Waals surface area contributed by atoms with Crippen LogP contribution in [0, 0.1) is 0 Å². The van der Waals surface area contributed by atoms with Crippen molar-refractivity contribution in [1.29, 1.82) is 0 Å². The average Bonchev–Trinajstić information content (AvgIpc) is 2.98. The molecule has 1 saturated heterocycles. The van der Waals surface area contributed by atoms with E-state index in [1.54, 1.807) is 13.8 Å². The Hall–Kier alpha value is -1.14. The molecule has 1 atom stereocenters. The minimum absolute atomic E-state index is 0.268. The molecule has 1 aliphatic heterocycles. The molecule has 1 unspecified atom stereocenters. The maximum Gasteiger partial charge on any atom is 0.315 e. The number of thiazole rings is 1. The minimum atomic E-state index is -0.945. The Morgan fingerprint density at radius 2 is 2.42 bits per heavy atom. The molecule has 2 heterocycles. The van der Waals surface area contributed by atoms with Crippen LogP contribution in [0.3, 0.4) is 0 Å². The third kappa shape index (κ3) is 3.06. The van der Waals surface area contributed by atoms with E-state index in [9.17, 15) is 9.90 Å². The molecule has 0 aromatic carbocycles. The van der Waals surface area contributed by atoms with E-state index < -0.39 is 11.4 Å². The monoisotopic (exact) mass is 284 g/mol. The largest absolute Gasteiger partial charge is 0.481 e. The van der Waals surface area contributed by atoms with Gasteiger partial charge in [-0.1, -0.05) is 0 Å². The Morgan fingerprint density at radius 3 is 3.00 bits per heavy atom. The Kier molecular flexibility index (Phi) is 4.10. The second kappa shape index (κ2) is 5.46. The van der Waals surface area contributed by atoms with Crippen LogP contribution in [0.2, 0.25) is 0 Å². The van der Waals surface area contributed by atoms with Crippen LogP contribution in [0.1, 0.15) is 32.4 Å². The molecule has 19 heavy (non-hydrogen) atoms. The van der Waals surface area contributed by atoms with Gasteiger partial charge in [0.25, 0.3) is 0 Å². The zero-order valence-corrected chi connectivity index (χ0v) is 12.4. The number of carboxylic acid groups (broad SMARTS) is 1. The summed E-state index contributed by atoms with van der Waals surface area (Å²) in [5.74, 6) is -0.855. The first-order valence-electron chi connectivity index (χ1n) is 6.43. The van der Waals surface area contributed by atoms with Crippen LogP contribution in [0.25, 0.3) is 0 Å². The summed E-state index contributed by atoms with van der Waals surface area (Å²) >= 11 is 1.48. The molecule has 1 N–H and O–H groups in total. The molecule has 0 spiro atoms. The Balaban J connectivity index is 2.05. The first-order valence-corrected chi connectivity index (χ1v) is 7.31. The highest BCUT2D eigenvalue weighted by molar-refractivity contribution is 7.13. The van der Waals surface area contributed by atoms with Gasteiger partial charge in [-0.25, -0.2) is 4.98 Å². The van der Waals surface area contributed by atoms with E-state index in [0.717, 1.165) is 31.1 Å². The third-order valence-electron chi connectivity index (χ3n) is 3.50. The van der Waals surface area contributed by atoms with Crippen LogP contribution >= 0.6 is 11.3 Å². The lowest BCUT2D eigenvalue weighted by Gasteiger charge is -2.20. The first kappa shape index (κ1) is 14.3. The number of hydrogen-bond donors (Lipinski definition) is 1.